The second-order valence-electron chi connectivity index (χ2n) is 13.6. The topological polar surface area (TPSA) is 8.81 Å². The molecule has 0 radical (unpaired) electrons. The van der Waals surface area contributed by atoms with E-state index in [1.807, 2.05) is 0 Å². The summed E-state index contributed by atoms with van der Waals surface area (Å²) in [5.74, 6) is 1.58. The van der Waals surface area contributed by atoms with Gasteiger partial charge in [-0.05, 0) is 37.7 Å². The van der Waals surface area contributed by atoms with Gasteiger partial charge in [0.25, 0.3) is 5.82 Å². The molecule has 0 aliphatic heterocycles. The highest BCUT2D eigenvalue weighted by molar-refractivity contribution is 5.14. The van der Waals surface area contributed by atoms with E-state index in [1.165, 1.54) is 192 Å². The number of imidazole rings is 1. The van der Waals surface area contributed by atoms with Crippen molar-refractivity contribution in [2.75, 3.05) is 0 Å². The van der Waals surface area contributed by atoms with E-state index < -0.39 is 0 Å². The molecule has 0 spiro atoms. The molecular formula is C41H73N2+. The lowest BCUT2D eigenvalue weighted by Crippen LogP contribution is -2.37. The monoisotopic (exact) mass is 594 g/mol. The third-order valence-corrected chi connectivity index (χ3v) is 9.55. The van der Waals surface area contributed by atoms with Crippen molar-refractivity contribution in [1.82, 2.24) is 4.57 Å². The Morgan fingerprint density at radius 2 is 0.907 bits per heavy atom. The van der Waals surface area contributed by atoms with Gasteiger partial charge in [-0.1, -0.05) is 185 Å². The summed E-state index contributed by atoms with van der Waals surface area (Å²) in [5.41, 5.74) is 1.47. The molecule has 0 saturated carbocycles. The normalized spacial score (nSPS) is 11.5. The minimum absolute atomic E-state index is 1.15. The van der Waals surface area contributed by atoms with Crippen LogP contribution in [0.3, 0.4) is 0 Å². The molecular weight excluding hydrogens is 520 g/mol. The highest BCUT2D eigenvalue weighted by Crippen LogP contribution is 2.15. The molecule has 0 aliphatic rings. The van der Waals surface area contributed by atoms with Gasteiger partial charge in [-0.25, -0.2) is 9.13 Å². The van der Waals surface area contributed by atoms with Crippen LogP contribution < -0.4 is 4.57 Å². The fourth-order valence-corrected chi connectivity index (χ4v) is 6.71. The Morgan fingerprint density at radius 3 is 1.40 bits per heavy atom. The number of hydrogen-bond donors (Lipinski definition) is 0. The van der Waals surface area contributed by atoms with Gasteiger partial charge in [0.15, 0.2) is 0 Å². The minimum Gasteiger partial charge on any atom is -0.234 e. The van der Waals surface area contributed by atoms with E-state index in [0.717, 1.165) is 6.54 Å². The van der Waals surface area contributed by atoms with Crippen molar-refractivity contribution in [1.29, 1.82) is 0 Å². The van der Waals surface area contributed by atoms with Gasteiger partial charge < -0.3 is 0 Å². The molecule has 2 rings (SSSR count). The van der Waals surface area contributed by atoms with Gasteiger partial charge in [0, 0.05) is 6.42 Å². The van der Waals surface area contributed by atoms with Crippen LogP contribution in [0.1, 0.15) is 192 Å². The van der Waals surface area contributed by atoms with Crippen LogP contribution in [-0.4, -0.2) is 4.57 Å². The van der Waals surface area contributed by atoms with Gasteiger partial charge in [0.05, 0.1) is 13.1 Å². The summed E-state index contributed by atoms with van der Waals surface area (Å²) >= 11 is 0. The molecule has 2 nitrogen and oxygen atoms in total. The SMILES string of the molecule is CCCCCCCCCCCCCCCCCCc1n(CCCCCCCCCCC)cc[n+]1CCCc1ccccc1. The molecule has 0 amide bonds. The van der Waals surface area contributed by atoms with Crippen molar-refractivity contribution in [3.63, 3.8) is 0 Å². The van der Waals surface area contributed by atoms with E-state index in [0.29, 0.717) is 0 Å². The van der Waals surface area contributed by atoms with Crippen molar-refractivity contribution in [2.24, 2.45) is 0 Å². The standard InChI is InChI=1S/C41H73N2/c1-3-5-7-9-11-13-14-15-16-17-18-19-20-22-24-29-35-41-42(36-30-25-23-21-12-10-8-6-4-2)38-39-43(41)37-31-34-40-32-27-26-28-33-40/h26-28,32-33,38-39H,3-25,29-31,34-37H2,1-2H3/q+1. The van der Waals surface area contributed by atoms with Crippen LogP contribution in [0.15, 0.2) is 42.7 Å². The van der Waals surface area contributed by atoms with Crippen molar-refractivity contribution in [3.05, 3.63) is 54.1 Å². The van der Waals surface area contributed by atoms with Crippen molar-refractivity contribution in [3.8, 4) is 0 Å². The lowest BCUT2D eigenvalue weighted by molar-refractivity contribution is -0.704. The molecule has 0 N–H and O–H groups in total. The average Bonchev–Trinajstić information content (AvgIpc) is 3.41. The van der Waals surface area contributed by atoms with Gasteiger partial charge in [0.1, 0.15) is 12.4 Å². The molecule has 0 bridgehead atoms. The number of unbranched alkanes of at least 4 members (excludes halogenated alkanes) is 23. The highest BCUT2D eigenvalue weighted by atomic mass is 15.1. The molecule has 0 aliphatic carbocycles. The summed E-state index contributed by atoms with van der Waals surface area (Å²) in [4.78, 5) is 0. The fraction of sp³-hybridized carbons (Fsp3) is 0.780. The Bertz CT molecular complexity index is 839. The predicted octanol–water partition coefficient (Wildman–Crippen LogP) is 12.7. The summed E-state index contributed by atoms with van der Waals surface area (Å²) in [6.07, 6.45) is 44.1. The maximum Gasteiger partial charge on any atom is 0.256 e. The smallest absolute Gasteiger partial charge is 0.234 e. The summed E-state index contributed by atoms with van der Waals surface area (Å²) in [7, 11) is 0. The zero-order valence-corrected chi connectivity index (χ0v) is 29.1. The third-order valence-electron chi connectivity index (χ3n) is 9.55. The molecule has 0 atom stereocenters. The first kappa shape index (κ1) is 37.6. The Kier molecular flexibility index (Phi) is 24.4. The van der Waals surface area contributed by atoms with Gasteiger partial charge in [-0.15, -0.1) is 0 Å². The van der Waals surface area contributed by atoms with E-state index in [4.69, 9.17) is 0 Å². The number of benzene rings is 1. The molecule has 0 unspecified atom stereocenters. The summed E-state index contributed by atoms with van der Waals surface area (Å²) < 4.78 is 5.19. The Morgan fingerprint density at radius 1 is 0.465 bits per heavy atom. The number of rotatable bonds is 31. The number of hydrogen-bond acceptors (Lipinski definition) is 0. The first-order chi connectivity index (χ1) is 21.3. The second-order valence-corrected chi connectivity index (χ2v) is 13.6. The van der Waals surface area contributed by atoms with E-state index in [1.54, 1.807) is 5.82 Å². The van der Waals surface area contributed by atoms with Crippen LogP contribution in [-0.2, 0) is 25.9 Å². The lowest BCUT2D eigenvalue weighted by atomic mass is 10.0. The molecule has 1 heterocycles. The molecule has 246 valence electrons. The van der Waals surface area contributed by atoms with Crippen LogP contribution in [0, 0.1) is 0 Å². The van der Waals surface area contributed by atoms with Crippen molar-refractivity contribution < 1.29 is 4.57 Å². The van der Waals surface area contributed by atoms with E-state index >= 15 is 0 Å². The van der Waals surface area contributed by atoms with Crippen molar-refractivity contribution in [2.45, 2.75) is 207 Å². The zero-order chi connectivity index (χ0) is 30.5. The molecule has 0 fully saturated rings. The third kappa shape index (κ3) is 20.2. The molecule has 1 aromatic heterocycles. The fourth-order valence-electron chi connectivity index (χ4n) is 6.71. The first-order valence-electron chi connectivity index (χ1n) is 19.5. The first-order valence-corrected chi connectivity index (χ1v) is 19.5. The van der Waals surface area contributed by atoms with Crippen LogP contribution in [0.2, 0.25) is 0 Å². The zero-order valence-electron chi connectivity index (χ0n) is 29.1. The maximum absolute atomic E-state index is 2.61. The predicted molar refractivity (Wildman–Crippen MR) is 190 cm³/mol. The van der Waals surface area contributed by atoms with Gasteiger partial charge >= 0.3 is 0 Å². The maximum atomic E-state index is 2.61. The molecule has 0 saturated heterocycles. The number of nitrogens with zero attached hydrogens (tertiary/aromatic N) is 2. The Balaban J connectivity index is 1.60. The van der Waals surface area contributed by atoms with Gasteiger partial charge in [-0.3, -0.25) is 0 Å². The lowest BCUT2D eigenvalue weighted by Gasteiger charge is -2.07. The molecule has 2 aromatic rings. The minimum atomic E-state index is 1.15. The van der Waals surface area contributed by atoms with E-state index in [-0.39, 0.29) is 0 Å². The summed E-state index contributed by atoms with van der Waals surface area (Å²) in [6.45, 7) is 6.97. The number of aryl methyl sites for hydroxylation is 3. The van der Waals surface area contributed by atoms with Crippen LogP contribution >= 0.6 is 0 Å². The largest absolute Gasteiger partial charge is 0.256 e. The second kappa shape index (κ2) is 27.9. The Hall–Kier alpha value is -1.57. The van der Waals surface area contributed by atoms with Crippen molar-refractivity contribution >= 4 is 0 Å². The summed E-state index contributed by atoms with van der Waals surface area (Å²) in [6, 6.07) is 11.0. The van der Waals surface area contributed by atoms with Crippen LogP contribution in [0.25, 0.3) is 0 Å². The van der Waals surface area contributed by atoms with Gasteiger partial charge in [-0.2, -0.15) is 0 Å². The Labute approximate surface area is 269 Å². The quantitative estimate of drug-likeness (QED) is 0.0607. The van der Waals surface area contributed by atoms with Crippen LogP contribution in [0.5, 0.6) is 0 Å². The van der Waals surface area contributed by atoms with E-state index in [9.17, 15) is 0 Å². The van der Waals surface area contributed by atoms with Crippen LogP contribution in [0.4, 0.5) is 0 Å². The van der Waals surface area contributed by atoms with Gasteiger partial charge in [0.2, 0.25) is 0 Å². The molecule has 43 heavy (non-hydrogen) atoms. The summed E-state index contributed by atoms with van der Waals surface area (Å²) in [5, 5.41) is 0. The highest BCUT2D eigenvalue weighted by Gasteiger charge is 2.16. The van der Waals surface area contributed by atoms with E-state index in [2.05, 4.69) is 65.7 Å². The number of aromatic nitrogens is 2. The molecule has 1 aromatic carbocycles. The molecule has 2 heteroatoms. The average molecular weight is 594 g/mol.